The largest absolute Gasteiger partial charge is 0.0767 e. The van der Waals surface area contributed by atoms with E-state index >= 15 is 0 Å². The molecule has 2 unspecified atom stereocenters. The first-order valence-electron chi connectivity index (χ1n) is 4.87. The highest BCUT2D eigenvalue weighted by atomic mass is 14.5. The van der Waals surface area contributed by atoms with Crippen molar-refractivity contribution in [1.82, 2.24) is 0 Å². The molecule has 0 aromatic rings. The van der Waals surface area contributed by atoms with E-state index in [1.165, 1.54) is 19.3 Å². The molecule has 0 aromatic carbocycles. The van der Waals surface area contributed by atoms with Gasteiger partial charge in [-0.15, -0.1) is 0 Å². The summed E-state index contributed by atoms with van der Waals surface area (Å²) in [6.07, 6.45) is 4.46. The van der Waals surface area contributed by atoms with Crippen molar-refractivity contribution < 1.29 is 0 Å². The molecule has 0 heteroatoms. The van der Waals surface area contributed by atoms with Crippen LogP contribution in [0.5, 0.6) is 0 Å². The van der Waals surface area contributed by atoms with Crippen LogP contribution in [0.4, 0.5) is 0 Å². The third-order valence-corrected chi connectivity index (χ3v) is 3.58. The molecule has 0 heterocycles. The van der Waals surface area contributed by atoms with E-state index in [4.69, 9.17) is 0 Å². The Morgan fingerprint density at radius 2 is 2.00 bits per heavy atom. The van der Waals surface area contributed by atoms with Gasteiger partial charge in [-0.25, -0.2) is 0 Å². The smallest absolute Gasteiger partial charge is 0.0169 e. The normalized spacial score (nSPS) is 41.7. The first-order chi connectivity index (χ1) is 5.20. The fourth-order valence-electron chi connectivity index (χ4n) is 3.07. The molecule has 0 N–H and O–H groups in total. The van der Waals surface area contributed by atoms with E-state index in [0.29, 0.717) is 0 Å². The second-order valence-corrected chi connectivity index (χ2v) is 4.54. The molecule has 0 spiro atoms. The number of rotatable bonds is 0. The van der Waals surface area contributed by atoms with Crippen molar-refractivity contribution >= 4 is 0 Å². The van der Waals surface area contributed by atoms with Crippen LogP contribution < -0.4 is 0 Å². The van der Waals surface area contributed by atoms with Crippen molar-refractivity contribution in [2.45, 2.75) is 40.0 Å². The summed E-state index contributed by atoms with van der Waals surface area (Å²) < 4.78 is 0. The second-order valence-electron chi connectivity index (χ2n) is 4.54. The Morgan fingerprint density at radius 1 is 1.27 bits per heavy atom. The van der Waals surface area contributed by atoms with Crippen molar-refractivity contribution in [3.05, 3.63) is 11.1 Å². The molecule has 0 aromatic heterocycles. The molecule has 2 aliphatic carbocycles. The van der Waals surface area contributed by atoms with Gasteiger partial charge >= 0.3 is 0 Å². The SMILES string of the molecule is CC(C)=C1C2CCC2C[C@H]1C. The van der Waals surface area contributed by atoms with E-state index in [2.05, 4.69) is 20.8 Å². The van der Waals surface area contributed by atoms with Crippen LogP contribution in [0.1, 0.15) is 40.0 Å². The van der Waals surface area contributed by atoms with Gasteiger partial charge in [-0.05, 0) is 50.9 Å². The maximum atomic E-state index is 2.40. The lowest BCUT2D eigenvalue weighted by atomic mass is 9.74. The number of hydrogen-bond donors (Lipinski definition) is 0. The Morgan fingerprint density at radius 3 is 2.27 bits per heavy atom. The van der Waals surface area contributed by atoms with Gasteiger partial charge in [-0.3, -0.25) is 0 Å². The van der Waals surface area contributed by atoms with Gasteiger partial charge in [0, 0.05) is 0 Å². The van der Waals surface area contributed by atoms with Crippen LogP contribution in [0.2, 0.25) is 0 Å². The number of fused-ring (bicyclic) bond motifs is 1. The molecule has 2 saturated carbocycles. The van der Waals surface area contributed by atoms with Gasteiger partial charge in [-0.2, -0.15) is 0 Å². The number of allylic oxidation sites excluding steroid dienone is 2. The molecule has 3 atom stereocenters. The first-order valence-corrected chi connectivity index (χ1v) is 4.87. The van der Waals surface area contributed by atoms with Crippen LogP contribution in [0, 0.1) is 17.8 Å². The summed E-state index contributed by atoms with van der Waals surface area (Å²) in [6, 6.07) is 0. The second kappa shape index (κ2) is 2.36. The average Bonchev–Trinajstić information content (AvgIpc) is 2.10. The minimum atomic E-state index is 0.900. The average molecular weight is 150 g/mol. The Labute approximate surface area is 69.7 Å². The van der Waals surface area contributed by atoms with E-state index in [0.717, 1.165) is 17.8 Å². The molecule has 2 fully saturated rings. The molecule has 0 nitrogen and oxygen atoms in total. The third-order valence-electron chi connectivity index (χ3n) is 3.58. The molecule has 2 aliphatic rings. The zero-order valence-corrected chi connectivity index (χ0v) is 7.85. The zero-order valence-electron chi connectivity index (χ0n) is 7.85. The van der Waals surface area contributed by atoms with Crippen molar-refractivity contribution in [2.75, 3.05) is 0 Å². The van der Waals surface area contributed by atoms with Gasteiger partial charge in [0.05, 0.1) is 0 Å². The van der Waals surface area contributed by atoms with Crippen molar-refractivity contribution in [1.29, 1.82) is 0 Å². The summed E-state index contributed by atoms with van der Waals surface area (Å²) in [6.45, 7) is 6.97. The minimum Gasteiger partial charge on any atom is -0.0767 e. The quantitative estimate of drug-likeness (QED) is 0.464. The molecule has 0 radical (unpaired) electrons. The summed E-state index contributed by atoms with van der Waals surface area (Å²) in [5.41, 5.74) is 3.41. The third kappa shape index (κ3) is 0.953. The molecule has 0 amide bonds. The lowest BCUT2D eigenvalue weighted by Crippen LogP contribution is -2.20. The zero-order chi connectivity index (χ0) is 8.01. The lowest BCUT2D eigenvalue weighted by Gasteiger charge is -2.31. The van der Waals surface area contributed by atoms with Crippen molar-refractivity contribution in [2.24, 2.45) is 17.8 Å². The number of hydrogen-bond acceptors (Lipinski definition) is 0. The summed E-state index contributed by atoms with van der Waals surface area (Å²) in [4.78, 5) is 0. The van der Waals surface area contributed by atoms with E-state index in [9.17, 15) is 0 Å². The summed E-state index contributed by atoms with van der Waals surface area (Å²) in [5, 5.41) is 0. The fraction of sp³-hybridized carbons (Fsp3) is 0.818. The summed E-state index contributed by atoms with van der Waals surface area (Å²) in [5.74, 6) is 2.99. The molecule has 2 rings (SSSR count). The predicted molar refractivity (Wildman–Crippen MR) is 48.4 cm³/mol. The standard InChI is InChI=1S/C11H18/c1-7(2)11-8(3)6-9-4-5-10(9)11/h8-10H,4-6H2,1-3H3/t8-,9?,10?/m1/s1. The van der Waals surface area contributed by atoms with Crippen LogP contribution in [0.3, 0.4) is 0 Å². The van der Waals surface area contributed by atoms with E-state index in [1.54, 1.807) is 11.1 Å². The minimum absolute atomic E-state index is 0.900. The van der Waals surface area contributed by atoms with Crippen LogP contribution in [-0.4, -0.2) is 0 Å². The van der Waals surface area contributed by atoms with Gasteiger partial charge in [0.2, 0.25) is 0 Å². The topological polar surface area (TPSA) is 0 Å². The molecule has 11 heavy (non-hydrogen) atoms. The maximum Gasteiger partial charge on any atom is -0.0169 e. The van der Waals surface area contributed by atoms with Crippen molar-refractivity contribution in [3.8, 4) is 0 Å². The Balaban J connectivity index is 2.26. The monoisotopic (exact) mass is 150 g/mol. The summed E-state index contributed by atoms with van der Waals surface area (Å²) >= 11 is 0. The van der Waals surface area contributed by atoms with E-state index in [1.807, 2.05) is 0 Å². The van der Waals surface area contributed by atoms with Crippen molar-refractivity contribution in [3.63, 3.8) is 0 Å². The van der Waals surface area contributed by atoms with Crippen LogP contribution in [-0.2, 0) is 0 Å². The van der Waals surface area contributed by atoms with Crippen LogP contribution >= 0.6 is 0 Å². The van der Waals surface area contributed by atoms with Crippen LogP contribution in [0.15, 0.2) is 11.1 Å². The van der Waals surface area contributed by atoms with Gasteiger partial charge in [0.25, 0.3) is 0 Å². The lowest BCUT2D eigenvalue weighted by molar-refractivity contribution is 0.244. The Bertz CT molecular complexity index is 196. The fourth-order valence-corrected chi connectivity index (χ4v) is 3.07. The molecule has 62 valence electrons. The maximum absolute atomic E-state index is 2.40. The van der Waals surface area contributed by atoms with Crippen LogP contribution in [0.25, 0.3) is 0 Å². The molecule has 0 saturated heterocycles. The Hall–Kier alpha value is -0.260. The molecular weight excluding hydrogens is 132 g/mol. The predicted octanol–water partition coefficient (Wildman–Crippen LogP) is 3.39. The van der Waals surface area contributed by atoms with Gasteiger partial charge in [0.1, 0.15) is 0 Å². The van der Waals surface area contributed by atoms with E-state index in [-0.39, 0.29) is 0 Å². The molecular formula is C11H18. The highest BCUT2D eigenvalue weighted by molar-refractivity contribution is 5.24. The van der Waals surface area contributed by atoms with Gasteiger partial charge < -0.3 is 0 Å². The molecule has 0 aliphatic heterocycles. The van der Waals surface area contributed by atoms with Gasteiger partial charge in [-0.1, -0.05) is 18.1 Å². The first kappa shape index (κ1) is 7.39. The Kier molecular flexibility index (Phi) is 1.59. The highest BCUT2D eigenvalue weighted by Crippen LogP contribution is 2.53. The van der Waals surface area contributed by atoms with Gasteiger partial charge in [0.15, 0.2) is 0 Å². The highest BCUT2D eigenvalue weighted by Gasteiger charge is 2.42. The molecule has 0 bridgehead atoms. The van der Waals surface area contributed by atoms with E-state index < -0.39 is 0 Å². The summed E-state index contributed by atoms with van der Waals surface area (Å²) in [7, 11) is 0.